The van der Waals surface area contributed by atoms with Crippen LogP contribution < -0.4 is 9.47 Å². The summed E-state index contributed by atoms with van der Waals surface area (Å²) >= 11 is 0. The molecule has 4 aliphatic rings. The molecule has 0 aliphatic heterocycles. The van der Waals surface area contributed by atoms with E-state index in [2.05, 4.69) is 60.1 Å². The van der Waals surface area contributed by atoms with Gasteiger partial charge in [0, 0.05) is 45.9 Å². The van der Waals surface area contributed by atoms with E-state index < -0.39 is 12.2 Å². The Labute approximate surface area is 343 Å². The van der Waals surface area contributed by atoms with Gasteiger partial charge in [0.25, 0.3) is 0 Å². The summed E-state index contributed by atoms with van der Waals surface area (Å²) in [6, 6.07) is 31.7. The molecule has 4 atom stereocenters. The topological polar surface area (TPSA) is 93.1 Å². The van der Waals surface area contributed by atoms with Crippen molar-refractivity contribution < 1.29 is 29.3 Å². The zero-order chi connectivity index (χ0) is 40.5. The SMILES string of the molecule is COc1ccc(C#Cc2ccc(/C=C3\CCC[C@@]34CCCC(=O)[C@@H]4O)cc2)cc1.COc1ccc(C#Cc2ccc(/C=C3\CCC[C@]34CCCC(=O)[C@H]4O)cc2)cc1. The van der Waals surface area contributed by atoms with E-state index in [4.69, 9.17) is 9.47 Å². The van der Waals surface area contributed by atoms with Crippen molar-refractivity contribution in [2.24, 2.45) is 10.8 Å². The summed E-state index contributed by atoms with van der Waals surface area (Å²) in [6.07, 6.45) is 13.1. The van der Waals surface area contributed by atoms with Crippen LogP contribution in [0.1, 0.15) is 110 Å². The lowest BCUT2D eigenvalue weighted by molar-refractivity contribution is -0.137. The molecular weight excluding hydrogens is 721 g/mol. The van der Waals surface area contributed by atoms with Crippen molar-refractivity contribution in [3.8, 4) is 35.2 Å². The molecule has 0 amide bonds. The fourth-order valence-electron chi connectivity index (χ4n) is 9.32. The first-order valence-electron chi connectivity index (χ1n) is 20.6. The standard InChI is InChI=1S/2C26H26O3/c2*1-29-23-14-12-20(13-15-23)7-6-19-8-10-21(11-9-19)18-22-4-2-16-26(22)17-3-5-24(27)25(26)28/h2*8-15,18,25,28H,2-5,16-17H2,1H3/b2*22-18+/t2*25-,26+/m10/s1. The number of rotatable bonds is 4. The third kappa shape index (κ3) is 9.05. The maximum absolute atomic E-state index is 12.1. The van der Waals surface area contributed by atoms with E-state index in [1.807, 2.05) is 72.8 Å². The van der Waals surface area contributed by atoms with Gasteiger partial charge in [0.15, 0.2) is 11.6 Å². The first-order valence-corrected chi connectivity index (χ1v) is 20.6. The molecule has 0 saturated heterocycles. The molecule has 4 aromatic rings. The molecule has 0 bridgehead atoms. The van der Waals surface area contributed by atoms with Gasteiger partial charge in [-0.2, -0.15) is 0 Å². The molecule has 0 radical (unpaired) electrons. The summed E-state index contributed by atoms with van der Waals surface area (Å²) in [5.41, 5.74) is 7.80. The number of Topliss-reactive ketones (excluding diaryl/α,β-unsaturated/α-hetero) is 2. The van der Waals surface area contributed by atoms with Crippen LogP contribution in [0.4, 0.5) is 0 Å². The van der Waals surface area contributed by atoms with Gasteiger partial charge >= 0.3 is 0 Å². The van der Waals surface area contributed by atoms with Gasteiger partial charge in [-0.1, -0.05) is 71.2 Å². The quantitative estimate of drug-likeness (QED) is 0.201. The molecule has 4 saturated carbocycles. The Balaban J connectivity index is 0.000000177. The normalized spacial score (nSPS) is 25.1. The van der Waals surface area contributed by atoms with E-state index in [1.54, 1.807) is 14.2 Å². The maximum atomic E-state index is 12.1. The lowest BCUT2D eigenvalue weighted by Crippen LogP contribution is -2.43. The van der Waals surface area contributed by atoms with Gasteiger partial charge in [-0.05, 0) is 148 Å². The fourth-order valence-corrected chi connectivity index (χ4v) is 9.32. The second-order valence-electron chi connectivity index (χ2n) is 16.0. The number of carbonyl (C=O) groups is 2. The first kappa shape index (κ1) is 40.5. The number of benzene rings is 4. The summed E-state index contributed by atoms with van der Waals surface area (Å²) in [5, 5.41) is 21.2. The number of methoxy groups -OCH3 is 2. The number of hydrogen-bond donors (Lipinski definition) is 2. The van der Waals surface area contributed by atoms with E-state index in [0.29, 0.717) is 12.8 Å². The highest BCUT2D eigenvalue weighted by molar-refractivity contribution is 5.86. The van der Waals surface area contributed by atoms with Crippen LogP contribution in [0.2, 0.25) is 0 Å². The molecule has 4 aliphatic carbocycles. The zero-order valence-corrected chi connectivity index (χ0v) is 33.6. The molecule has 0 heterocycles. The monoisotopic (exact) mass is 772 g/mol. The van der Waals surface area contributed by atoms with Crippen molar-refractivity contribution in [1.29, 1.82) is 0 Å². The van der Waals surface area contributed by atoms with Crippen LogP contribution in [0.25, 0.3) is 12.2 Å². The van der Waals surface area contributed by atoms with Crippen molar-refractivity contribution in [2.45, 2.75) is 89.3 Å². The van der Waals surface area contributed by atoms with Gasteiger partial charge in [0.05, 0.1) is 14.2 Å². The smallest absolute Gasteiger partial charge is 0.162 e. The molecule has 2 N–H and O–H groups in total. The van der Waals surface area contributed by atoms with Crippen LogP contribution in [-0.2, 0) is 9.59 Å². The number of carbonyl (C=O) groups excluding carboxylic acids is 2. The van der Waals surface area contributed by atoms with E-state index in [9.17, 15) is 19.8 Å². The predicted octanol–water partition coefficient (Wildman–Crippen LogP) is 9.53. The molecule has 4 fully saturated rings. The molecule has 296 valence electrons. The zero-order valence-electron chi connectivity index (χ0n) is 33.6. The highest BCUT2D eigenvalue weighted by atomic mass is 16.5. The number of ether oxygens (including phenoxy) is 2. The summed E-state index contributed by atoms with van der Waals surface area (Å²) in [4.78, 5) is 24.2. The van der Waals surface area contributed by atoms with E-state index in [1.165, 1.54) is 11.1 Å². The summed E-state index contributed by atoms with van der Waals surface area (Å²) in [7, 11) is 3.30. The van der Waals surface area contributed by atoms with Crippen LogP contribution in [0.15, 0.2) is 108 Å². The average molecular weight is 773 g/mol. The Morgan fingerprint density at radius 1 is 0.483 bits per heavy atom. The Morgan fingerprint density at radius 3 is 1.09 bits per heavy atom. The molecule has 6 heteroatoms. The summed E-state index contributed by atoms with van der Waals surface area (Å²) < 4.78 is 10.3. The minimum Gasteiger partial charge on any atom is -0.497 e. The third-order valence-corrected chi connectivity index (χ3v) is 12.6. The van der Waals surface area contributed by atoms with Crippen molar-refractivity contribution in [1.82, 2.24) is 0 Å². The van der Waals surface area contributed by atoms with Gasteiger partial charge in [-0.25, -0.2) is 0 Å². The van der Waals surface area contributed by atoms with E-state index in [0.717, 1.165) is 109 Å². The van der Waals surface area contributed by atoms with Gasteiger partial charge in [-0.15, -0.1) is 0 Å². The molecule has 6 nitrogen and oxygen atoms in total. The fraction of sp³-hybridized carbons (Fsp3) is 0.346. The van der Waals surface area contributed by atoms with Crippen LogP contribution in [-0.4, -0.2) is 48.2 Å². The molecule has 0 unspecified atom stereocenters. The second kappa shape index (κ2) is 18.3. The predicted molar refractivity (Wildman–Crippen MR) is 229 cm³/mol. The summed E-state index contributed by atoms with van der Waals surface area (Å²) in [6.45, 7) is 0. The minimum atomic E-state index is -0.834. The van der Waals surface area contributed by atoms with Crippen molar-refractivity contribution >= 4 is 23.7 Å². The second-order valence-corrected chi connectivity index (χ2v) is 16.0. The molecule has 0 aromatic heterocycles. The van der Waals surface area contributed by atoms with Gasteiger partial charge in [0.1, 0.15) is 23.7 Å². The minimum absolute atomic E-state index is 0.00760. The number of aliphatic hydroxyl groups excluding tert-OH is 2. The van der Waals surface area contributed by atoms with Gasteiger partial charge in [-0.3, -0.25) is 9.59 Å². The first-order chi connectivity index (χ1) is 28.2. The van der Waals surface area contributed by atoms with E-state index in [-0.39, 0.29) is 22.4 Å². The van der Waals surface area contributed by atoms with Crippen molar-refractivity contribution in [3.63, 3.8) is 0 Å². The Morgan fingerprint density at radius 2 is 0.776 bits per heavy atom. The average Bonchev–Trinajstić information content (AvgIpc) is 3.85. The largest absolute Gasteiger partial charge is 0.497 e. The maximum Gasteiger partial charge on any atom is 0.162 e. The Hall–Kier alpha value is -5.66. The van der Waals surface area contributed by atoms with Gasteiger partial charge in [0.2, 0.25) is 0 Å². The van der Waals surface area contributed by atoms with Crippen molar-refractivity contribution in [2.75, 3.05) is 14.2 Å². The number of ketones is 2. The Kier molecular flexibility index (Phi) is 12.8. The van der Waals surface area contributed by atoms with Crippen LogP contribution in [0.5, 0.6) is 11.5 Å². The Bertz CT molecular complexity index is 2110. The van der Waals surface area contributed by atoms with Crippen LogP contribution >= 0.6 is 0 Å². The highest BCUT2D eigenvalue weighted by Crippen LogP contribution is 2.53. The molecule has 58 heavy (non-hydrogen) atoms. The third-order valence-electron chi connectivity index (χ3n) is 12.6. The lowest BCUT2D eigenvalue weighted by Gasteiger charge is -2.38. The van der Waals surface area contributed by atoms with Gasteiger partial charge < -0.3 is 19.7 Å². The van der Waals surface area contributed by atoms with Crippen LogP contribution in [0.3, 0.4) is 0 Å². The molecule has 8 rings (SSSR count). The van der Waals surface area contributed by atoms with E-state index >= 15 is 0 Å². The lowest BCUT2D eigenvalue weighted by atomic mass is 9.67. The van der Waals surface area contributed by atoms with Crippen molar-refractivity contribution in [3.05, 3.63) is 142 Å². The molecule has 2 spiro atoms. The number of aliphatic hydroxyl groups is 2. The molecule has 4 aromatic carbocycles. The molecular formula is C52H52O6. The number of hydrogen-bond acceptors (Lipinski definition) is 6. The van der Waals surface area contributed by atoms with Crippen LogP contribution in [0, 0.1) is 34.5 Å². The summed E-state index contributed by atoms with van der Waals surface area (Å²) in [5.74, 6) is 14.4. The highest BCUT2D eigenvalue weighted by Gasteiger charge is 2.50.